The van der Waals surface area contributed by atoms with Crippen LogP contribution in [0.4, 0.5) is 13.2 Å². The van der Waals surface area contributed by atoms with E-state index in [4.69, 9.17) is 0 Å². The number of nitrogens with one attached hydrogen (secondary N) is 1. The Morgan fingerprint density at radius 3 is 2.85 bits per heavy atom. The van der Waals surface area contributed by atoms with Crippen LogP contribution in [0.25, 0.3) is 5.69 Å². The first kappa shape index (κ1) is 18.4. The Morgan fingerprint density at radius 2 is 2.15 bits per heavy atom. The van der Waals surface area contributed by atoms with Crippen molar-refractivity contribution in [3.05, 3.63) is 47.8 Å². The fourth-order valence-corrected chi connectivity index (χ4v) is 3.29. The highest BCUT2D eigenvalue weighted by Crippen LogP contribution is 2.28. The molecule has 1 fully saturated rings. The lowest BCUT2D eigenvalue weighted by Gasteiger charge is -2.32. The first-order valence-electron chi connectivity index (χ1n) is 8.55. The fourth-order valence-electron chi connectivity index (χ4n) is 3.29. The summed E-state index contributed by atoms with van der Waals surface area (Å²) in [5.74, 6) is 0.317. The minimum absolute atomic E-state index is 0.101. The number of hydrogen-bond donors (Lipinski definition) is 1. The second-order valence-corrected chi connectivity index (χ2v) is 6.51. The molecule has 26 heavy (non-hydrogen) atoms. The summed E-state index contributed by atoms with van der Waals surface area (Å²) in [7, 11) is 1.89. The van der Waals surface area contributed by atoms with Crippen LogP contribution in [0.1, 0.15) is 28.9 Å². The van der Waals surface area contributed by atoms with Gasteiger partial charge in [-0.3, -0.25) is 4.79 Å². The van der Waals surface area contributed by atoms with Gasteiger partial charge in [0.05, 0.1) is 5.69 Å². The summed E-state index contributed by atoms with van der Waals surface area (Å²) >= 11 is 0. The van der Waals surface area contributed by atoms with Gasteiger partial charge in [-0.1, -0.05) is 6.07 Å². The van der Waals surface area contributed by atoms with Crippen molar-refractivity contribution < 1.29 is 18.0 Å². The second kappa shape index (κ2) is 7.49. The molecule has 0 radical (unpaired) electrons. The van der Waals surface area contributed by atoms with E-state index in [1.54, 1.807) is 24.3 Å². The third-order valence-electron chi connectivity index (χ3n) is 4.54. The van der Waals surface area contributed by atoms with Crippen molar-refractivity contribution in [1.29, 1.82) is 0 Å². The Kier molecular flexibility index (Phi) is 5.31. The number of piperidine rings is 1. The maximum absolute atomic E-state index is 12.8. The molecule has 2 heterocycles. The maximum Gasteiger partial charge on any atom is 0.435 e. The quantitative estimate of drug-likeness (QED) is 0.905. The highest BCUT2D eigenvalue weighted by molar-refractivity contribution is 5.94. The van der Waals surface area contributed by atoms with Gasteiger partial charge in [0.25, 0.3) is 5.91 Å². The lowest BCUT2D eigenvalue weighted by Crippen LogP contribution is -2.42. The van der Waals surface area contributed by atoms with E-state index in [0.29, 0.717) is 30.3 Å². The van der Waals surface area contributed by atoms with Gasteiger partial charge < -0.3 is 10.2 Å². The molecule has 1 unspecified atom stereocenters. The summed E-state index contributed by atoms with van der Waals surface area (Å²) in [5, 5.41) is 6.70. The molecule has 1 amide bonds. The predicted octanol–water partition coefficient (Wildman–Crippen LogP) is 2.96. The molecular weight excluding hydrogens is 345 g/mol. The average Bonchev–Trinajstić information content (AvgIpc) is 3.12. The molecule has 1 saturated heterocycles. The van der Waals surface area contributed by atoms with Crippen molar-refractivity contribution in [1.82, 2.24) is 20.0 Å². The molecule has 1 aliphatic rings. The summed E-state index contributed by atoms with van der Waals surface area (Å²) in [6, 6.07) is 7.47. The molecule has 1 N–H and O–H groups in total. The van der Waals surface area contributed by atoms with Gasteiger partial charge in [-0.2, -0.15) is 18.3 Å². The van der Waals surface area contributed by atoms with E-state index >= 15 is 0 Å². The van der Waals surface area contributed by atoms with E-state index in [-0.39, 0.29) is 5.91 Å². The first-order chi connectivity index (χ1) is 12.4. The van der Waals surface area contributed by atoms with Crippen molar-refractivity contribution in [2.45, 2.75) is 19.0 Å². The van der Waals surface area contributed by atoms with Crippen LogP contribution in [0.15, 0.2) is 36.5 Å². The summed E-state index contributed by atoms with van der Waals surface area (Å²) in [5.41, 5.74) is -0.0769. The molecule has 140 valence electrons. The molecular formula is C18H21F3N4O. The fraction of sp³-hybridized carbons (Fsp3) is 0.444. The molecule has 0 saturated carbocycles. The zero-order chi connectivity index (χ0) is 18.7. The summed E-state index contributed by atoms with van der Waals surface area (Å²) in [6.45, 7) is 2.24. The average molecular weight is 366 g/mol. The number of nitrogens with zero attached hydrogens (tertiary/aromatic N) is 3. The van der Waals surface area contributed by atoms with Crippen LogP contribution in [0, 0.1) is 5.92 Å². The number of aromatic nitrogens is 2. The monoisotopic (exact) mass is 366 g/mol. The van der Waals surface area contributed by atoms with Crippen molar-refractivity contribution in [3.63, 3.8) is 0 Å². The molecule has 5 nitrogen and oxygen atoms in total. The van der Waals surface area contributed by atoms with Gasteiger partial charge in [-0.25, -0.2) is 4.68 Å². The number of alkyl halides is 3. The largest absolute Gasteiger partial charge is 0.435 e. The SMILES string of the molecule is CNCC1CCCN(C(=O)c2cccc(-n3ccc(C(F)(F)F)n3)c2)C1. The van der Waals surface area contributed by atoms with Gasteiger partial charge in [-0.15, -0.1) is 0 Å². The standard InChI is InChI=1S/C18H21F3N4O/c1-22-11-13-4-3-8-24(12-13)17(26)14-5-2-6-15(10-14)25-9-7-16(23-25)18(19,20)21/h2,5-7,9-10,13,22H,3-4,8,11-12H2,1H3. The lowest BCUT2D eigenvalue weighted by atomic mass is 9.97. The Labute approximate surface area is 149 Å². The summed E-state index contributed by atoms with van der Waals surface area (Å²) < 4.78 is 39.3. The van der Waals surface area contributed by atoms with Gasteiger partial charge in [0.1, 0.15) is 0 Å². The van der Waals surface area contributed by atoms with Gasteiger partial charge in [-0.05, 0) is 56.6 Å². The highest BCUT2D eigenvalue weighted by atomic mass is 19.4. The molecule has 8 heteroatoms. The number of hydrogen-bond acceptors (Lipinski definition) is 3. The summed E-state index contributed by atoms with van der Waals surface area (Å²) in [4.78, 5) is 14.6. The van der Waals surface area contributed by atoms with Crippen LogP contribution < -0.4 is 5.32 Å². The van der Waals surface area contributed by atoms with Crippen LogP contribution in [-0.2, 0) is 6.18 Å². The predicted molar refractivity (Wildman–Crippen MR) is 91.1 cm³/mol. The molecule has 0 spiro atoms. The minimum Gasteiger partial charge on any atom is -0.338 e. The molecule has 1 atom stereocenters. The zero-order valence-corrected chi connectivity index (χ0v) is 14.5. The van der Waals surface area contributed by atoms with Gasteiger partial charge in [0, 0.05) is 24.8 Å². The number of rotatable bonds is 4. The molecule has 3 rings (SSSR count). The van der Waals surface area contributed by atoms with Crippen LogP contribution in [0.5, 0.6) is 0 Å². The van der Waals surface area contributed by atoms with Crippen molar-refractivity contribution >= 4 is 5.91 Å². The molecule has 0 aliphatic carbocycles. The number of halogens is 3. The molecule has 1 aromatic carbocycles. The molecule has 1 aromatic heterocycles. The van der Waals surface area contributed by atoms with E-state index in [2.05, 4.69) is 10.4 Å². The molecule has 0 bridgehead atoms. The van der Waals surface area contributed by atoms with Crippen LogP contribution >= 0.6 is 0 Å². The number of carbonyl (C=O) groups is 1. The number of amides is 1. The Morgan fingerprint density at radius 1 is 1.35 bits per heavy atom. The number of benzene rings is 1. The van der Waals surface area contributed by atoms with E-state index < -0.39 is 11.9 Å². The maximum atomic E-state index is 12.8. The van der Waals surface area contributed by atoms with Crippen molar-refractivity contribution in [3.8, 4) is 5.69 Å². The Balaban J connectivity index is 1.78. The van der Waals surface area contributed by atoms with Crippen LogP contribution in [0.3, 0.4) is 0 Å². The lowest BCUT2D eigenvalue weighted by molar-refractivity contribution is -0.141. The van der Waals surface area contributed by atoms with Crippen molar-refractivity contribution in [2.24, 2.45) is 5.92 Å². The Bertz CT molecular complexity index is 770. The third kappa shape index (κ3) is 4.07. The van der Waals surface area contributed by atoms with E-state index in [9.17, 15) is 18.0 Å². The molecule has 2 aromatic rings. The Hall–Kier alpha value is -2.35. The van der Waals surface area contributed by atoms with Crippen LogP contribution in [0.2, 0.25) is 0 Å². The molecule has 1 aliphatic heterocycles. The summed E-state index contributed by atoms with van der Waals surface area (Å²) in [6.07, 6.45) is -1.21. The van der Waals surface area contributed by atoms with Gasteiger partial charge >= 0.3 is 6.18 Å². The smallest absolute Gasteiger partial charge is 0.338 e. The topological polar surface area (TPSA) is 50.2 Å². The van der Waals surface area contributed by atoms with E-state index in [1.165, 1.54) is 6.20 Å². The van der Waals surface area contributed by atoms with Gasteiger partial charge in [0.15, 0.2) is 5.69 Å². The van der Waals surface area contributed by atoms with Gasteiger partial charge in [0.2, 0.25) is 0 Å². The number of likely N-dealkylation sites (tertiary alicyclic amines) is 1. The zero-order valence-electron chi connectivity index (χ0n) is 14.5. The second-order valence-electron chi connectivity index (χ2n) is 6.51. The van der Waals surface area contributed by atoms with Crippen LogP contribution in [-0.4, -0.2) is 47.3 Å². The minimum atomic E-state index is -4.49. The normalized spacial score (nSPS) is 18.2. The highest BCUT2D eigenvalue weighted by Gasteiger charge is 2.33. The van der Waals surface area contributed by atoms with E-state index in [0.717, 1.165) is 30.1 Å². The first-order valence-corrected chi connectivity index (χ1v) is 8.55. The number of carbonyl (C=O) groups excluding carboxylic acids is 1. The van der Waals surface area contributed by atoms with E-state index in [1.807, 2.05) is 11.9 Å². The van der Waals surface area contributed by atoms with Crippen molar-refractivity contribution in [2.75, 3.05) is 26.7 Å². The third-order valence-corrected chi connectivity index (χ3v) is 4.54.